The molecule has 0 atom stereocenters. The van der Waals surface area contributed by atoms with E-state index in [0.29, 0.717) is 40.8 Å². The maximum absolute atomic E-state index is 13.3. The van der Waals surface area contributed by atoms with Gasteiger partial charge in [-0.3, -0.25) is 9.69 Å². The Morgan fingerprint density at radius 2 is 1.95 bits per heavy atom. The first kappa shape index (κ1) is 25.5. The highest BCUT2D eigenvalue weighted by Gasteiger charge is 2.49. The zero-order chi connectivity index (χ0) is 27.5. The quantitative estimate of drug-likeness (QED) is 0.338. The molecule has 8 nitrogen and oxygen atoms in total. The maximum atomic E-state index is 13.3. The van der Waals surface area contributed by atoms with Gasteiger partial charge in [0.2, 0.25) is 5.95 Å². The van der Waals surface area contributed by atoms with Crippen LogP contribution in [0.4, 0.5) is 11.6 Å². The summed E-state index contributed by atoms with van der Waals surface area (Å²) in [6.07, 6.45) is 5.84. The summed E-state index contributed by atoms with van der Waals surface area (Å²) in [5, 5.41) is 3.85. The fourth-order valence-corrected chi connectivity index (χ4v) is 5.71. The van der Waals surface area contributed by atoms with Gasteiger partial charge >= 0.3 is 0 Å². The van der Waals surface area contributed by atoms with Crippen molar-refractivity contribution >= 4 is 22.7 Å². The van der Waals surface area contributed by atoms with E-state index in [1.165, 1.54) is 24.0 Å². The van der Waals surface area contributed by atoms with Gasteiger partial charge in [-0.25, -0.2) is 19.3 Å². The smallest absolute Gasteiger partial charge is 0.278 e. The standard InChI is InChI=1S/C31H37N7O/c1-7-15-37-28(39)23-17-32-29(35-27(23)38(37)26-10-8-9-25(34-26)30(4,5)6)33-22-11-12-24-21(16-22)18-36(20(2)3)19-31(24)13-14-31/h7-12,16-17,20H,1,13-15,18-19H2,2-6H3,(H,32,33,35). The number of nitrogens with zero attached hydrogens (tertiary/aromatic N) is 6. The van der Waals surface area contributed by atoms with Crippen LogP contribution in [0.15, 0.2) is 60.0 Å². The van der Waals surface area contributed by atoms with Crippen molar-refractivity contribution < 1.29 is 0 Å². The fourth-order valence-electron chi connectivity index (χ4n) is 5.71. The SMILES string of the molecule is C=CCn1c(=O)c2cnc(Nc3ccc4c(c3)CN(C(C)C)CC43CC3)nc2n1-c1cccc(C(C)(C)C)n1. The van der Waals surface area contributed by atoms with Gasteiger partial charge in [0.25, 0.3) is 5.56 Å². The van der Waals surface area contributed by atoms with Crippen LogP contribution in [0, 0.1) is 0 Å². The molecule has 1 fully saturated rings. The topological polar surface area (TPSA) is 80.9 Å². The normalized spacial score (nSPS) is 16.6. The van der Waals surface area contributed by atoms with Crippen molar-refractivity contribution in [2.45, 2.75) is 77.4 Å². The van der Waals surface area contributed by atoms with Crippen molar-refractivity contribution in [3.63, 3.8) is 0 Å². The molecule has 3 aromatic heterocycles. The lowest BCUT2D eigenvalue weighted by atomic mass is 9.86. The predicted molar refractivity (Wildman–Crippen MR) is 156 cm³/mol. The van der Waals surface area contributed by atoms with Crippen LogP contribution >= 0.6 is 0 Å². The van der Waals surface area contributed by atoms with Crippen LogP contribution in [0.25, 0.3) is 16.9 Å². The van der Waals surface area contributed by atoms with Crippen molar-refractivity contribution in [3.05, 3.63) is 82.4 Å². The average molecular weight is 524 g/mol. The second kappa shape index (κ2) is 9.16. The highest BCUT2D eigenvalue weighted by molar-refractivity contribution is 5.77. The molecule has 39 heavy (non-hydrogen) atoms. The Bertz CT molecular complexity index is 1640. The second-order valence-electron chi connectivity index (χ2n) is 12.3. The molecular formula is C31H37N7O. The highest BCUT2D eigenvalue weighted by Crippen LogP contribution is 2.53. The van der Waals surface area contributed by atoms with Gasteiger partial charge < -0.3 is 5.32 Å². The summed E-state index contributed by atoms with van der Waals surface area (Å²) in [6, 6.07) is 13.0. The Kier molecular flexibility index (Phi) is 5.99. The van der Waals surface area contributed by atoms with Crippen molar-refractivity contribution in [1.82, 2.24) is 29.2 Å². The fraction of sp³-hybridized carbons (Fsp3) is 0.419. The largest absolute Gasteiger partial charge is 0.324 e. The molecule has 0 saturated heterocycles. The van der Waals surface area contributed by atoms with Crippen molar-refractivity contribution in [2.75, 3.05) is 11.9 Å². The van der Waals surface area contributed by atoms with E-state index in [1.54, 1.807) is 21.6 Å². The second-order valence-corrected chi connectivity index (χ2v) is 12.3. The molecule has 8 heteroatoms. The number of allylic oxidation sites excluding steroid dienone is 1. The summed E-state index contributed by atoms with van der Waals surface area (Å²) in [6.45, 7) is 17.2. The Balaban J connectivity index is 1.41. The summed E-state index contributed by atoms with van der Waals surface area (Å²) >= 11 is 0. The lowest BCUT2D eigenvalue weighted by Crippen LogP contribution is -2.41. The number of hydrogen-bond donors (Lipinski definition) is 1. The molecule has 0 amide bonds. The molecule has 2 aliphatic rings. The summed E-state index contributed by atoms with van der Waals surface area (Å²) in [5.41, 5.74) is 5.27. The number of nitrogens with one attached hydrogen (secondary N) is 1. The molecule has 1 aliphatic heterocycles. The Morgan fingerprint density at radius 3 is 2.64 bits per heavy atom. The minimum Gasteiger partial charge on any atom is -0.324 e. The first-order valence-electron chi connectivity index (χ1n) is 13.8. The zero-order valence-electron chi connectivity index (χ0n) is 23.5. The molecule has 0 unspecified atom stereocenters. The third kappa shape index (κ3) is 4.46. The third-order valence-corrected chi connectivity index (χ3v) is 8.09. The van der Waals surface area contributed by atoms with Crippen LogP contribution in [-0.4, -0.2) is 41.8 Å². The molecule has 1 aliphatic carbocycles. The lowest BCUT2D eigenvalue weighted by molar-refractivity contribution is 0.177. The molecule has 1 saturated carbocycles. The lowest BCUT2D eigenvalue weighted by Gasteiger charge is -2.37. The number of anilines is 2. The zero-order valence-corrected chi connectivity index (χ0v) is 23.5. The summed E-state index contributed by atoms with van der Waals surface area (Å²) in [5.74, 6) is 1.08. The van der Waals surface area contributed by atoms with E-state index in [1.807, 2.05) is 18.2 Å². The molecule has 6 rings (SSSR count). The molecule has 0 bridgehead atoms. The predicted octanol–water partition coefficient (Wildman–Crippen LogP) is 5.46. The number of aromatic nitrogens is 5. The molecule has 1 spiro atoms. The van der Waals surface area contributed by atoms with Crippen molar-refractivity contribution in [1.29, 1.82) is 0 Å². The molecule has 1 N–H and O–H groups in total. The van der Waals surface area contributed by atoms with Gasteiger partial charge in [0.05, 0.1) is 6.54 Å². The van der Waals surface area contributed by atoms with Gasteiger partial charge in [-0.05, 0) is 62.1 Å². The van der Waals surface area contributed by atoms with Crippen LogP contribution in [0.3, 0.4) is 0 Å². The van der Waals surface area contributed by atoms with Crippen molar-refractivity contribution in [2.24, 2.45) is 0 Å². The van der Waals surface area contributed by atoms with Gasteiger partial charge in [0.15, 0.2) is 11.5 Å². The molecule has 0 radical (unpaired) electrons. The number of fused-ring (bicyclic) bond motifs is 3. The first-order valence-corrected chi connectivity index (χ1v) is 13.8. The number of pyridine rings is 1. The van der Waals surface area contributed by atoms with Crippen LogP contribution in [-0.2, 0) is 23.9 Å². The Labute approximate surface area is 229 Å². The molecular weight excluding hydrogens is 486 g/mol. The molecule has 4 heterocycles. The van der Waals surface area contributed by atoms with Crippen LogP contribution < -0.4 is 10.9 Å². The van der Waals surface area contributed by atoms with E-state index in [0.717, 1.165) is 24.5 Å². The molecule has 4 aromatic rings. The van der Waals surface area contributed by atoms with Gasteiger partial charge in [-0.15, -0.1) is 6.58 Å². The minimum atomic E-state index is -0.170. The number of rotatable bonds is 6. The van der Waals surface area contributed by atoms with E-state index in [4.69, 9.17) is 9.97 Å². The van der Waals surface area contributed by atoms with Gasteiger partial charge in [-0.1, -0.05) is 39.0 Å². The summed E-state index contributed by atoms with van der Waals surface area (Å²) in [4.78, 5) is 30.2. The van der Waals surface area contributed by atoms with Gasteiger partial charge in [0, 0.05) is 47.5 Å². The monoisotopic (exact) mass is 523 g/mol. The van der Waals surface area contributed by atoms with E-state index >= 15 is 0 Å². The van der Waals surface area contributed by atoms with Crippen LogP contribution in [0.5, 0.6) is 0 Å². The van der Waals surface area contributed by atoms with E-state index < -0.39 is 0 Å². The maximum Gasteiger partial charge on any atom is 0.278 e. The van der Waals surface area contributed by atoms with E-state index in [9.17, 15) is 4.79 Å². The molecule has 1 aromatic carbocycles. The van der Waals surface area contributed by atoms with Gasteiger partial charge in [0.1, 0.15) is 5.39 Å². The Morgan fingerprint density at radius 1 is 1.15 bits per heavy atom. The summed E-state index contributed by atoms with van der Waals surface area (Å²) in [7, 11) is 0. The first-order chi connectivity index (χ1) is 18.6. The Hall–Kier alpha value is -3.78. The average Bonchev–Trinajstić information content (AvgIpc) is 3.61. The minimum absolute atomic E-state index is 0.138. The third-order valence-electron chi connectivity index (χ3n) is 8.09. The van der Waals surface area contributed by atoms with E-state index in [2.05, 4.69) is 74.6 Å². The molecule has 202 valence electrons. The highest BCUT2D eigenvalue weighted by atomic mass is 16.1. The van der Waals surface area contributed by atoms with Crippen LogP contribution in [0.1, 0.15) is 64.3 Å². The van der Waals surface area contributed by atoms with Gasteiger partial charge in [-0.2, -0.15) is 4.98 Å². The van der Waals surface area contributed by atoms with Crippen molar-refractivity contribution in [3.8, 4) is 5.82 Å². The number of hydrogen-bond acceptors (Lipinski definition) is 6. The van der Waals surface area contributed by atoms with Crippen LogP contribution in [0.2, 0.25) is 0 Å². The number of benzene rings is 1. The summed E-state index contributed by atoms with van der Waals surface area (Å²) < 4.78 is 3.39. The van der Waals surface area contributed by atoms with E-state index in [-0.39, 0.29) is 11.0 Å².